The minimum atomic E-state index is -0.820. The van der Waals surface area contributed by atoms with Crippen LogP contribution in [0.2, 0.25) is 5.02 Å². The predicted molar refractivity (Wildman–Crippen MR) is 110 cm³/mol. The first-order chi connectivity index (χ1) is 14.1. The Kier molecular flexibility index (Phi) is 5.40. The second-order valence-corrected chi connectivity index (χ2v) is 6.73. The Labute approximate surface area is 172 Å². The fourth-order valence-corrected chi connectivity index (χ4v) is 3.22. The van der Waals surface area contributed by atoms with Gasteiger partial charge in [0.05, 0.1) is 16.4 Å². The normalized spacial score (nSPS) is 10.7. The number of halogens is 2. The van der Waals surface area contributed by atoms with Crippen LogP contribution in [-0.4, -0.2) is 15.7 Å². The summed E-state index contributed by atoms with van der Waals surface area (Å²) in [6.07, 6.45) is 1.80. The molecule has 0 aliphatic carbocycles. The predicted octanol–water partition coefficient (Wildman–Crippen LogP) is 5.69. The Bertz CT molecular complexity index is 1120. The van der Waals surface area contributed by atoms with Gasteiger partial charge in [0.15, 0.2) is 0 Å². The van der Waals surface area contributed by atoms with Gasteiger partial charge in [-0.15, -0.1) is 0 Å². The number of para-hydroxylation sites is 1. The third kappa shape index (κ3) is 4.05. The molecule has 4 aromatic rings. The van der Waals surface area contributed by atoms with E-state index in [0.29, 0.717) is 11.3 Å². The summed E-state index contributed by atoms with van der Waals surface area (Å²) in [4.78, 5) is 12.4. The van der Waals surface area contributed by atoms with Gasteiger partial charge in [-0.1, -0.05) is 66.2 Å². The number of nitrogens with zero attached hydrogens (tertiary/aromatic N) is 2. The molecule has 3 aromatic carbocycles. The Balaban J connectivity index is 1.66. The lowest BCUT2D eigenvalue weighted by Gasteiger charge is -2.07. The summed E-state index contributed by atoms with van der Waals surface area (Å²) in [5.74, 6) is -1.54. The van der Waals surface area contributed by atoms with Gasteiger partial charge in [-0.3, -0.25) is 0 Å². The van der Waals surface area contributed by atoms with Crippen LogP contribution in [0.1, 0.15) is 15.9 Å². The Morgan fingerprint density at radius 1 is 0.966 bits per heavy atom. The molecule has 0 unspecified atom stereocenters. The number of hydrogen-bond donors (Lipinski definition) is 0. The number of hydrogen-bond acceptors (Lipinski definition) is 3. The standard InChI is InChI=1S/C23H16ClFN2O2/c24-19-12-7-13-20(25)21(19)23(28)29-15-17-14-27(18-10-5-2-6-11-18)26-22(17)16-8-3-1-4-9-16/h1-14H,15H2. The molecule has 1 heterocycles. The number of carbonyl (C=O) groups excluding carboxylic acids is 1. The molecule has 0 atom stereocenters. The third-order valence-corrected chi connectivity index (χ3v) is 4.70. The van der Waals surface area contributed by atoms with Crippen LogP contribution in [0.3, 0.4) is 0 Å². The first-order valence-corrected chi connectivity index (χ1v) is 9.32. The molecule has 1 aromatic heterocycles. The fourth-order valence-electron chi connectivity index (χ4n) is 2.98. The fraction of sp³-hybridized carbons (Fsp3) is 0.0435. The van der Waals surface area contributed by atoms with Crippen molar-refractivity contribution < 1.29 is 13.9 Å². The van der Waals surface area contributed by atoms with Crippen molar-refractivity contribution >= 4 is 17.6 Å². The van der Waals surface area contributed by atoms with E-state index < -0.39 is 11.8 Å². The Morgan fingerprint density at radius 2 is 1.66 bits per heavy atom. The number of rotatable bonds is 5. The van der Waals surface area contributed by atoms with Crippen LogP contribution in [0, 0.1) is 5.82 Å². The number of ether oxygens (including phenoxy) is 1. The molecule has 0 radical (unpaired) electrons. The molecular weight excluding hydrogens is 391 g/mol. The van der Waals surface area contributed by atoms with Gasteiger partial charge < -0.3 is 4.74 Å². The van der Waals surface area contributed by atoms with Crippen molar-refractivity contribution in [1.82, 2.24) is 9.78 Å². The summed E-state index contributed by atoms with van der Waals surface area (Å²) in [5.41, 5.74) is 2.87. The molecule has 0 aliphatic rings. The van der Waals surface area contributed by atoms with Crippen molar-refractivity contribution in [3.05, 3.63) is 107 Å². The second-order valence-electron chi connectivity index (χ2n) is 6.32. The highest BCUT2D eigenvalue weighted by Gasteiger charge is 2.19. The van der Waals surface area contributed by atoms with Gasteiger partial charge in [-0.05, 0) is 24.3 Å². The molecular formula is C23H16ClFN2O2. The van der Waals surface area contributed by atoms with E-state index in [2.05, 4.69) is 5.10 Å². The van der Waals surface area contributed by atoms with Crippen LogP contribution < -0.4 is 0 Å². The highest BCUT2D eigenvalue weighted by atomic mass is 35.5. The van der Waals surface area contributed by atoms with Crippen LogP contribution in [-0.2, 0) is 11.3 Å². The SMILES string of the molecule is O=C(OCc1cn(-c2ccccc2)nc1-c1ccccc1)c1c(F)cccc1Cl. The van der Waals surface area contributed by atoms with Crippen LogP contribution >= 0.6 is 11.6 Å². The van der Waals surface area contributed by atoms with Crippen LogP contribution in [0.5, 0.6) is 0 Å². The summed E-state index contributed by atoms with van der Waals surface area (Å²) in [6, 6.07) is 23.3. The maximum absolute atomic E-state index is 14.0. The van der Waals surface area contributed by atoms with Gasteiger partial charge in [0.1, 0.15) is 18.0 Å². The van der Waals surface area contributed by atoms with Crippen molar-refractivity contribution in [2.75, 3.05) is 0 Å². The molecule has 0 spiro atoms. The summed E-state index contributed by atoms with van der Waals surface area (Å²) < 4.78 is 21.1. The first kappa shape index (κ1) is 18.9. The average molecular weight is 407 g/mol. The van der Waals surface area contributed by atoms with Gasteiger partial charge in [-0.2, -0.15) is 5.10 Å². The Hall–Kier alpha value is -3.44. The van der Waals surface area contributed by atoms with E-state index in [9.17, 15) is 9.18 Å². The summed E-state index contributed by atoms with van der Waals surface area (Å²) in [6.45, 7) is -0.0689. The maximum Gasteiger partial charge on any atom is 0.343 e. The van der Waals surface area contributed by atoms with Crippen molar-refractivity contribution in [1.29, 1.82) is 0 Å². The second kappa shape index (κ2) is 8.29. The monoisotopic (exact) mass is 406 g/mol. The lowest BCUT2D eigenvalue weighted by atomic mass is 10.1. The average Bonchev–Trinajstić information content (AvgIpc) is 3.18. The third-order valence-electron chi connectivity index (χ3n) is 4.38. The number of esters is 1. The van der Waals surface area contributed by atoms with Gasteiger partial charge in [0.2, 0.25) is 0 Å². The molecule has 0 saturated carbocycles. The maximum atomic E-state index is 14.0. The molecule has 4 rings (SSSR count). The molecule has 144 valence electrons. The van der Waals surface area contributed by atoms with Crippen LogP contribution in [0.15, 0.2) is 85.1 Å². The highest BCUT2D eigenvalue weighted by molar-refractivity contribution is 6.33. The zero-order valence-corrected chi connectivity index (χ0v) is 16.0. The molecule has 0 saturated heterocycles. The zero-order chi connectivity index (χ0) is 20.2. The van der Waals surface area contributed by atoms with Gasteiger partial charge in [-0.25, -0.2) is 13.9 Å². The number of benzene rings is 3. The van der Waals surface area contributed by atoms with Crippen LogP contribution in [0.25, 0.3) is 16.9 Å². The minimum Gasteiger partial charge on any atom is -0.457 e. The molecule has 0 aliphatic heterocycles. The van der Waals surface area contributed by atoms with E-state index in [4.69, 9.17) is 16.3 Å². The van der Waals surface area contributed by atoms with E-state index >= 15 is 0 Å². The van der Waals surface area contributed by atoms with Crippen molar-refractivity contribution in [2.24, 2.45) is 0 Å². The van der Waals surface area contributed by atoms with E-state index in [1.165, 1.54) is 18.2 Å². The van der Waals surface area contributed by atoms with E-state index in [1.54, 1.807) is 10.9 Å². The molecule has 0 amide bonds. The lowest BCUT2D eigenvalue weighted by Crippen LogP contribution is -2.08. The van der Waals surface area contributed by atoms with Crippen molar-refractivity contribution in [3.63, 3.8) is 0 Å². The molecule has 0 fully saturated rings. The number of aromatic nitrogens is 2. The Morgan fingerprint density at radius 3 is 2.34 bits per heavy atom. The summed E-state index contributed by atoms with van der Waals surface area (Å²) in [7, 11) is 0. The molecule has 6 heteroatoms. The highest BCUT2D eigenvalue weighted by Crippen LogP contribution is 2.26. The van der Waals surface area contributed by atoms with Crippen molar-refractivity contribution in [2.45, 2.75) is 6.61 Å². The van der Waals surface area contributed by atoms with Crippen molar-refractivity contribution in [3.8, 4) is 16.9 Å². The smallest absolute Gasteiger partial charge is 0.343 e. The number of carbonyl (C=O) groups is 1. The lowest BCUT2D eigenvalue weighted by molar-refractivity contribution is 0.0468. The van der Waals surface area contributed by atoms with E-state index in [-0.39, 0.29) is 17.2 Å². The molecule has 0 bridgehead atoms. The van der Waals surface area contributed by atoms with Gasteiger partial charge in [0, 0.05) is 17.3 Å². The largest absolute Gasteiger partial charge is 0.457 e. The van der Waals surface area contributed by atoms with E-state index in [0.717, 1.165) is 11.3 Å². The van der Waals surface area contributed by atoms with Gasteiger partial charge >= 0.3 is 5.97 Å². The first-order valence-electron chi connectivity index (χ1n) is 8.94. The summed E-state index contributed by atoms with van der Waals surface area (Å²) >= 11 is 5.96. The molecule has 4 nitrogen and oxygen atoms in total. The molecule has 0 N–H and O–H groups in total. The van der Waals surface area contributed by atoms with Gasteiger partial charge in [0.25, 0.3) is 0 Å². The molecule has 29 heavy (non-hydrogen) atoms. The summed E-state index contributed by atoms with van der Waals surface area (Å²) in [5, 5.41) is 4.67. The van der Waals surface area contributed by atoms with Crippen LogP contribution in [0.4, 0.5) is 4.39 Å². The quantitative estimate of drug-likeness (QED) is 0.400. The topological polar surface area (TPSA) is 44.1 Å². The van der Waals surface area contributed by atoms with E-state index in [1.807, 2.05) is 60.7 Å². The zero-order valence-electron chi connectivity index (χ0n) is 15.3. The minimum absolute atomic E-state index is 0.0123.